The predicted molar refractivity (Wildman–Crippen MR) is 74.4 cm³/mol. The number of nitrogens with zero attached hydrogens (tertiary/aromatic N) is 2. The van der Waals surface area contributed by atoms with E-state index in [0.29, 0.717) is 29.7 Å². The molecule has 5 heteroatoms. The molecule has 1 aromatic carbocycles. The maximum absolute atomic E-state index is 13.9. The average Bonchev–Trinajstić information content (AvgIpc) is 3.23. The molecule has 1 fully saturated rings. The maximum atomic E-state index is 13.9. The summed E-state index contributed by atoms with van der Waals surface area (Å²) in [5.41, 5.74) is 1.29. The highest BCUT2D eigenvalue weighted by atomic mass is 19.1. The van der Waals surface area contributed by atoms with E-state index in [1.54, 1.807) is 25.1 Å². The van der Waals surface area contributed by atoms with Gasteiger partial charge in [0.15, 0.2) is 0 Å². The van der Waals surface area contributed by atoms with Crippen molar-refractivity contribution >= 4 is 0 Å². The molecule has 1 aromatic heterocycles. The van der Waals surface area contributed by atoms with Crippen LogP contribution >= 0.6 is 0 Å². The second kappa shape index (κ2) is 5.17. The number of hydrogen-bond acceptors (Lipinski definition) is 3. The van der Waals surface area contributed by atoms with E-state index in [1.165, 1.54) is 16.8 Å². The third kappa shape index (κ3) is 2.63. The normalized spacial score (nSPS) is 14.5. The van der Waals surface area contributed by atoms with Gasteiger partial charge in [-0.2, -0.15) is 5.10 Å². The molecular weight excluding hydrogens is 257 g/mol. The Labute approximate surface area is 116 Å². The second-order valence-electron chi connectivity index (χ2n) is 5.12. The summed E-state index contributed by atoms with van der Waals surface area (Å²) in [5, 5.41) is 7.56. The molecular formula is C15H16FN3O. The van der Waals surface area contributed by atoms with Gasteiger partial charge in [-0.05, 0) is 31.9 Å². The quantitative estimate of drug-likeness (QED) is 0.926. The molecule has 1 heterocycles. The lowest BCUT2D eigenvalue weighted by molar-refractivity contribution is 0.594. The van der Waals surface area contributed by atoms with E-state index >= 15 is 0 Å². The summed E-state index contributed by atoms with van der Waals surface area (Å²) < 4.78 is 15.3. The largest absolute Gasteiger partial charge is 0.308 e. The van der Waals surface area contributed by atoms with Gasteiger partial charge in [0.1, 0.15) is 17.2 Å². The first-order valence-electron chi connectivity index (χ1n) is 6.73. The van der Waals surface area contributed by atoms with E-state index in [4.69, 9.17) is 0 Å². The number of halogens is 1. The summed E-state index contributed by atoms with van der Waals surface area (Å²) >= 11 is 0. The van der Waals surface area contributed by atoms with Crippen molar-refractivity contribution in [3.05, 3.63) is 57.8 Å². The van der Waals surface area contributed by atoms with Gasteiger partial charge in [0.25, 0.3) is 0 Å². The molecule has 0 amide bonds. The Bertz CT molecular complexity index is 692. The van der Waals surface area contributed by atoms with Crippen molar-refractivity contribution < 1.29 is 4.39 Å². The van der Waals surface area contributed by atoms with Gasteiger partial charge in [0.05, 0.1) is 0 Å². The number of benzene rings is 1. The molecule has 0 bridgehead atoms. The molecule has 20 heavy (non-hydrogen) atoms. The zero-order chi connectivity index (χ0) is 14.1. The molecule has 0 radical (unpaired) electrons. The zero-order valence-corrected chi connectivity index (χ0v) is 11.3. The minimum absolute atomic E-state index is 0.108. The highest BCUT2D eigenvalue weighted by Gasteiger charge is 2.21. The smallest absolute Gasteiger partial charge is 0.204 e. The Morgan fingerprint density at radius 3 is 2.85 bits per heavy atom. The van der Waals surface area contributed by atoms with Crippen LogP contribution in [0, 0.1) is 12.7 Å². The Morgan fingerprint density at radius 1 is 1.40 bits per heavy atom. The molecule has 1 saturated carbocycles. The van der Waals surface area contributed by atoms with Crippen LogP contribution in [0.1, 0.15) is 24.2 Å². The van der Waals surface area contributed by atoms with Crippen LogP contribution in [0.5, 0.6) is 0 Å². The summed E-state index contributed by atoms with van der Waals surface area (Å²) in [4.78, 5) is 11.9. The summed E-state index contributed by atoms with van der Waals surface area (Å²) in [7, 11) is 0. The van der Waals surface area contributed by atoms with Gasteiger partial charge < -0.3 is 5.32 Å². The van der Waals surface area contributed by atoms with Gasteiger partial charge >= 0.3 is 0 Å². The fourth-order valence-corrected chi connectivity index (χ4v) is 2.10. The van der Waals surface area contributed by atoms with Crippen LogP contribution in [-0.4, -0.2) is 15.8 Å². The van der Waals surface area contributed by atoms with Crippen LogP contribution in [0.4, 0.5) is 4.39 Å². The van der Waals surface area contributed by atoms with Crippen LogP contribution in [0.2, 0.25) is 0 Å². The maximum Gasteiger partial charge on any atom is 0.204 e. The van der Waals surface area contributed by atoms with E-state index in [-0.39, 0.29) is 11.2 Å². The topological polar surface area (TPSA) is 46.9 Å². The number of para-hydroxylation sites is 1. The van der Waals surface area contributed by atoms with Gasteiger partial charge in [-0.25, -0.2) is 9.07 Å². The molecule has 1 aliphatic carbocycles. The monoisotopic (exact) mass is 273 g/mol. The van der Waals surface area contributed by atoms with Crippen LogP contribution in [0.3, 0.4) is 0 Å². The Hall–Kier alpha value is -2.01. The summed E-state index contributed by atoms with van der Waals surface area (Å²) in [6.45, 7) is 2.18. The summed E-state index contributed by atoms with van der Waals surface area (Å²) in [6.07, 6.45) is 2.29. The third-order valence-corrected chi connectivity index (χ3v) is 3.40. The van der Waals surface area contributed by atoms with Crippen LogP contribution in [0.25, 0.3) is 5.69 Å². The molecule has 2 aromatic rings. The first-order chi connectivity index (χ1) is 9.65. The van der Waals surface area contributed by atoms with Crippen LogP contribution in [0.15, 0.2) is 35.1 Å². The Kier molecular flexibility index (Phi) is 3.36. The molecule has 0 aliphatic heterocycles. The first-order valence-corrected chi connectivity index (χ1v) is 6.73. The third-order valence-electron chi connectivity index (χ3n) is 3.40. The molecule has 1 aliphatic rings. The SMILES string of the molecule is Cc1cc(=O)c(CNC2CC2)nn1-c1ccccc1F. The van der Waals surface area contributed by atoms with Gasteiger partial charge in [-0.1, -0.05) is 12.1 Å². The number of hydrogen-bond donors (Lipinski definition) is 1. The van der Waals surface area contributed by atoms with Crippen molar-refractivity contribution in [2.45, 2.75) is 32.4 Å². The molecule has 0 spiro atoms. The van der Waals surface area contributed by atoms with E-state index in [0.717, 1.165) is 12.8 Å². The van der Waals surface area contributed by atoms with E-state index in [2.05, 4.69) is 10.4 Å². The molecule has 0 atom stereocenters. The fraction of sp³-hybridized carbons (Fsp3) is 0.333. The predicted octanol–water partition coefficient (Wildman–Crippen LogP) is 1.93. The number of nitrogens with one attached hydrogen (secondary N) is 1. The molecule has 4 nitrogen and oxygen atoms in total. The van der Waals surface area contributed by atoms with Crippen LogP contribution < -0.4 is 10.7 Å². The standard InChI is InChI=1S/C15H16FN3O/c1-10-8-15(20)13(9-17-11-6-7-11)18-19(10)14-5-3-2-4-12(14)16/h2-5,8,11,17H,6-7,9H2,1H3. The Balaban J connectivity index is 1.99. The van der Waals surface area contributed by atoms with Crippen molar-refractivity contribution in [3.8, 4) is 5.69 Å². The van der Waals surface area contributed by atoms with Gasteiger partial charge in [-0.15, -0.1) is 0 Å². The number of rotatable bonds is 4. The lowest BCUT2D eigenvalue weighted by Crippen LogP contribution is -2.25. The van der Waals surface area contributed by atoms with Crippen LogP contribution in [-0.2, 0) is 6.54 Å². The van der Waals surface area contributed by atoms with E-state index in [1.807, 2.05) is 0 Å². The second-order valence-corrected chi connectivity index (χ2v) is 5.12. The summed E-state index contributed by atoms with van der Waals surface area (Å²) in [5.74, 6) is -0.354. The van der Waals surface area contributed by atoms with Crippen molar-refractivity contribution in [2.24, 2.45) is 0 Å². The molecule has 3 rings (SSSR count). The Morgan fingerprint density at radius 2 is 2.15 bits per heavy atom. The van der Waals surface area contributed by atoms with Crippen molar-refractivity contribution in [2.75, 3.05) is 0 Å². The average molecular weight is 273 g/mol. The van der Waals surface area contributed by atoms with Gasteiger partial charge in [0.2, 0.25) is 5.43 Å². The molecule has 0 unspecified atom stereocenters. The van der Waals surface area contributed by atoms with Crippen molar-refractivity contribution in [1.29, 1.82) is 0 Å². The van der Waals surface area contributed by atoms with Gasteiger partial charge in [-0.3, -0.25) is 4.79 Å². The van der Waals surface area contributed by atoms with Gasteiger partial charge in [0, 0.05) is 24.3 Å². The van der Waals surface area contributed by atoms with Crippen molar-refractivity contribution in [3.63, 3.8) is 0 Å². The highest BCUT2D eigenvalue weighted by molar-refractivity contribution is 5.34. The van der Waals surface area contributed by atoms with E-state index < -0.39 is 0 Å². The fourth-order valence-electron chi connectivity index (χ4n) is 2.10. The zero-order valence-electron chi connectivity index (χ0n) is 11.3. The first kappa shape index (κ1) is 13.0. The molecule has 104 valence electrons. The lowest BCUT2D eigenvalue weighted by atomic mass is 10.2. The highest BCUT2D eigenvalue weighted by Crippen LogP contribution is 2.19. The lowest BCUT2D eigenvalue weighted by Gasteiger charge is -2.12. The minimum Gasteiger partial charge on any atom is -0.308 e. The molecule has 0 saturated heterocycles. The minimum atomic E-state index is -0.354. The van der Waals surface area contributed by atoms with E-state index in [9.17, 15) is 9.18 Å². The van der Waals surface area contributed by atoms with Crippen molar-refractivity contribution in [1.82, 2.24) is 15.1 Å². The molecule has 1 N–H and O–H groups in total. The number of aryl methyl sites for hydroxylation is 1. The summed E-state index contributed by atoms with van der Waals surface area (Å²) in [6, 6.07) is 8.42. The number of aromatic nitrogens is 2.